The van der Waals surface area contributed by atoms with Crippen LogP contribution in [0.1, 0.15) is 38.4 Å². The molecule has 4 nitrogen and oxygen atoms in total. The van der Waals surface area contributed by atoms with Gasteiger partial charge >= 0.3 is 6.18 Å². The zero-order chi connectivity index (χ0) is 17.4. The topological polar surface area (TPSA) is 46.9 Å². The van der Waals surface area contributed by atoms with E-state index in [1.54, 1.807) is 32.5 Å². The quantitative estimate of drug-likeness (QED) is 0.941. The molecule has 0 aliphatic rings. The number of aryl methyl sites for hydroxylation is 3. The summed E-state index contributed by atoms with van der Waals surface area (Å²) in [5, 5.41) is 6.91. The molecule has 1 aromatic heterocycles. The van der Waals surface area contributed by atoms with Crippen molar-refractivity contribution < 1.29 is 18.0 Å². The van der Waals surface area contributed by atoms with E-state index in [0.29, 0.717) is 22.4 Å². The number of halogens is 3. The van der Waals surface area contributed by atoms with Gasteiger partial charge in [-0.25, -0.2) is 0 Å². The number of hydrogen-bond acceptors (Lipinski definition) is 2. The highest BCUT2D eigenvalue weighted by molar-refractivity contribution is 5.96. The highest BCUT2D eigenvalue weighted by atomic mass is 19.4. The minimum Gasteiger partial charge on any atom is -0.348 e. The lowest BCUT2D eigenvalue weighted by Crippen LogP contribution is -2.24. The molecule has 1 amide bonds. The molecular formula is C16H18F3N3O. The van der Waals surface area contributed by atoms with Crippen molar-refractivity contribution in [2.45, 2.75) is 33.5 Å². The van der Waals surface area contributed by atoms with E-state index in [1.807, 2.05) is 0 Å². The van der Waals surface area contributed by atoms with E-state index in [-0.39, 0.29) is 12.5 Å². The van der Waals surface area contributed by atoms with Crippen molar-refractivity contribution in [3.63, 3.8) is 0 Å². The summed E-state index contributed by atoms with van der Waals surface area (Å²) in [6, 6.07) is 3.50. The largest absolute Gasteiger partial charge is 0.416 e. The summed E-state index contributed by atoms with van der Waals surface area (Å²) < 4.78 is 39.6. The van der Waals surface area contributed by atoms with Crippen molar-refractivity contribution in [2.24, 2.45) is 7.05 Å². The van der Waals surface area contributed by atoms with E-state index in [0.717, 1.165) is 17.8 Å². The number of aromatic nitrogens is 2. The molecule has 1 heterocycles. The van der Waals surface area contributed by atoms with E-state index in [4.69, 9.17) is 0 Å². The summed E-state index contributed by atoms with van der Waals surface area (Å²) in [6.45, 7) is 5.29. The standard InChI is InChI=1S/C16H18F3N3O/c1-9-7-13(16(17,18)19)6-5-12(9)8-20-15(23)14-10(2)21-22(4)11(14)3/h5-7H,8H2,1-4H3,(H,20,23). The monoisotopic (exact) mass is 325 g/mol. The van der Waals surface area contributed by atoms with Gasteiger partial charge in [0.2, 0.25) is 0 Å². The molecule has 2 aromatic rings. The Balaban J connectivity index is 2.13. The molecule has 0 aliphatic heterocycles. The Kier molecular flexibility index (Phi) is 4.49. The normalized spacial score (nSPS) is 11.6. The molecule has 0 aliphatic carbocycles. The van der Waals surface area contributed by atoms with Crippen LogP contribution in [0.5, 0.6) is 0 Å². The third kappa shape index (κ3) is 3.55. The number of alkyl halides is 3. The Bertz CT molecular complexity index is 748. The number of hydrogen-bond donors (Lipinski definition) is 1. The van der Waals surface area contributed by atoms with Crippen LogP contribution < -0.4 is 5.32 Å². The Hall–Kier alpha value is -2.31. The molecule has 0 unspecified atom stereocenters. The van der Waals surface area contributed by atoms with Gasteiger partial charge in [-0.3, -0.25) is 9.48 Å². The predicted molar refractivity (Wildman–Crippen MR) is 80.0 cm³/mol. The fourth-order valence-electron chi connectivity index (χ4n) is 2.44. The number of carbonyl (C=O) groups excluding carboxylic acids is 1. The molecule has 0 saturated carbocycles. The molecule has 7 heteroatoms. The fraction of sp³-hybridized carbons (Fsp3) is 0.375. The lowest BCUT2D eigenvalue weighted by molar-refractivity contribution is -0.137. The van der Waals surface area contributed by atoms with Gasteiger partial charge in [-0.05, 0) is 44.0 Å². The van der Waals surface area contributed by atoms with Gasteiger partial charge < -0.3 is 5.32 Å². The van der Waals surface area contributed by atoms with E-state index >= 15 is 0 Å². The molecule has 0 saturated heterocycles. The Morgan fingerprint density at radius 1 is 1.26 bits per heavy atom. The van der Waals surface area contributed by atoms with Crippen molar-refractivity contribution in [1.29, 1.82) is 0 Å². The summed E-state index contributed by atoms with van der Waals surface area (Å²) in [4.78, 5) is 12.3. The van der Waals surface area contributed by atoms with Crippen molar-refractivity contribution in [1.82, 2.24) is 15.1 Å². The predicted octanol–water partition coefficient (Wildman–Crippen LogP) is 3.29. The zero-order valence-electron chi connectivity index (χ0n) is 13.4. The van der Waals surface area contributed by atoms with Crippen LogP contribution in [0.15, 0.2) is 18.2 Å². The van der Waals surface area contributed by atoms with Gasteiger partial charge in [0.25, 0.3) is 5.91 Å². The Morgan fingerprint density at radius 2 is 1.91 bits per heavy atom. The maximum absolute atomic E-state index is 12.6. The zero-order valence-corrected chi connectivity index (χ0v) is 13.4. The number of nitrogens with one attached hydrogen (secondary N) is 1. The molecule has 0 atom stereocenters. The maximum Gasteiger partial charge on any atom is 0.416 e. The first-order valence-corrected chi connectivity index (χ1v) is 7.06. The lowest BCUT2D eigenvalue weighted by atomic mass is 10.0. The van der Waals surface area contributed by atoms with Crippen LogP contribution in [0, 0.1) is 20.8 Å². The molecule has 1 aromatic carbocycles. The second-order valence-corrected chi connectivity index (χ2v) is 5.49. The first-order valence-electron chi connectivity index (χ1n) is 7.06. The number of carbonyl (C=O) groups is 1. The van der Waals surface area contributed by atoms with Gasteiger partial charge in [-0.1, -0.05) is 6.07 Å². The molecule has 0 fully saturated rings. The van der Waals surface area contributed by atoms with Crippen LogP contribution in [-0.2, 0) is 19.8 Å². The molecule has 124 valence electrons. The molecule has 2 rings (SSSR count). The second-order valence-electron chi connectivity index (χ2n) is 5.49. The molecular weight excluding hydrogens is 307 g/mol. The maximum atomic E-state index is 12.6. The van der Waals surface area contributed by atoms with Crippen molar-refractivity contribution in [3.8, 4) is 0 Å². The van der Waals surface area contributed by atoms with Crippen LogP contribution in [0.25, 0.3) is 0 Å². The van der Waals surface area contributed by atoms with Crippen LogP contribution in [0.4, 0.5) is 13.2 Å². The molecule has 1 N–H and O–H groups in total. The summed E-state index contributed by atoms with van der Waals surface area (Å²) in [7, 11) is 1.75. The minimum absolute atomic E-state index is 0.163. The van der Waals surface area contributed by atoms with Gasteiger partial charge in [0.05, 0.1) is 16.8 Å². The third-order valence-electron chi connectivity index (χ3n) is 3.85. The van der Waals surface area contributed by atoms with Gasteiger partial charge in [0.15, 0.2) is 0 Å². The van der Waals surface area contributed by atoms with Gasteiger partial charge in [-0.2, -0.15) is 18.3 Å². The van der Waals surface area contributed by atoms with E-state index in [1.165, 1.54) is 6.07 Å². The SMILES string of the molecule is Cc1cc(C(F)(F)F)ccc1CNC(=O)c1c(C)nn(C)c1C. The summed E-state index contributed by atoms with van der Waals surface area (Å²) in [5.41, 5.74) is 2.29. The number of benzene rings is 1. The Labute approximate surface area is 132 Å². The van der Waals surface area contributed by atoms with Gasteiger partial charge in [-0.15, -0.1) is 0 Å². The number of amides is 1. The summed E-state index contributed by atoms with van der Waals surface area (Å²) in [5.74, 6) is -0.285. The van der Waals surface area contributed by atoms with Crippen LogP contribution in [0.2, 0.25) is 0 Å². The minimum atomic E-state index is -4.36. The highest BCUT2D eigenvalue weighted by Crippen LogP contribution is 2.30. The Morgan fingerprint density at radius 3 is 2.39 bits per heavy atom. The average molecular weight is 325 g/mol. The van der Waals surface area contributed by atoms with Gasteiger partial charge in [0, 0.05) is 19.3 Å². The van der Waals surface area contributed by atoms with Crippen LogP contribution in [-0.4, -0.2) is 15.7 Å². The van der Waals surface area contributed by atoms with E-state index in [2.05, 4.69) is 10.4 Å². The molecule has 23 heavy (non-hydrogen) atoms. The average Bonchev–Trinajstić information content (AvgIpc) is 2.69. The molecule has 0 bridgehead atoms. The second kappa shape index (κ2) is 6.06. The first-order chi connectivity index (χ1) is 10.6. The van der Waals surface area contributed by atoms with Crippen molar-refractivity contribution >= 4 is 5.91 Å². The molecule has 0 spiro atoms. The molecule has 0 radical (unpaired) electrons. The summed E-state index contributed by atoms with van der Waals surface area (Å²) in [6.07, 6.45) is -4.36. The smallest absolute Gasteiger partial charge is 0.348 e. The summed E-state index contributed by atoms with van der Waals surface area (Å²) >= 11 is 0. The first kappa shape index (κ1) is 17.1. The van der Waals surface area contributed by atoms with E-state index < -0.39 is 11.7 Å². The van der Waals surface area contributed by atoms with Crippen LogP contribution >= 0.6 is 0 Å². The van der Waals surface area contributed by atoms with Crippen molar-refractivity contribution in [2.75, 3.05) is 0 Å². The third-order valence-corrected chi connectivity index (χ3v) is 3.85. The highest BCUT2D eigenvalue weighted by Gasteiger charge is 2.30. The number of rotatable bonds is 3. The van der Waals surface area contributed by atoms with Crippen molar-refractivity contribution in [3.05, 3.63) is 51.8 Å². The fourth-order valence-corrected chi connectivity index (χ4v) is 2.44. The number of nitrogens with zero attached hydrogens (tertiary/aromatic N) is 2. The van der Waals surface area contributed by atoms with Gasteiger partial charge in [0.1, 0.15) is 0 Å². The lowest BCUT2D eigenvalue weighted by Gasteiger charge is -2.12. The van der Waals surface area contributed by atoms with E-state index in [9.17, 15) is 18.0 Å². The van der Waals surface area contributed by atoms with Crippen LogP contribution in [0.3, 0.4) is 0 Å².